The number of rotatable bonds is 12. The van der Waals surface area contributed by atoms with Crippen LogP contribution >= 0.6 is 0 Å². The zero-order chi connectivity index (χ0) is 12.1. The third-order valence-electron chi connectivity index (χ3n) is 3.12. The molecule has 16 heavy (non-hydrogen) atoms. The Morgan fingerprint density at radius 3 is 1.38 bits per heavy atom. The smallest absolute Gasteiger partial charge is 0.132 e. The first-order valence-electron chi connectivity index (χ1n) is 7.33. The molecule has 1 nitrogen and oxygen atoms in total. The van der Waals surface area contributed by atoms with Crippen molar-refractivity contribution >= 4 is 5.78 Å². The highest BCUT2D eigenvalue weighted by molar-refractivity contribution is 5.78. The second-order valence-electron chi connectivity index (χ2n) is 4.87. The summed E-state index contributed by atoms with van der Waals surface area (Å²) in [5.74, 6) is 0.494. The minimum atomic E-state index is 0.494. The van der Waals surface area contributed by atoms with Crippen LogP contribution in [0.1, 0.15) is 90.9 Å². The second-order valence-corrected chi connectivity index (χ2v) is 4.87. The summed E-state index contributed by atoms with van der Waals surface area (Å²) >= 11 is 0. The zero-order valence-electron chi connectivity index (χ0n) is 11.4. The average Bonchev–Trinajstić information content (AvgIpc) is 2.28. The van der Waals surface area contributed by atoms with Gasteiger partial charge in [0.05, 0.1) is 0 Å². The first-order valence-corrected chi connectivity index (χ1v) is 7.33. The first kappa shape index (κ1) is 15.7. The molecule has 0 atom stereocenters. The molecular formula is C15H30O. The fourth-order valence-corrected chi connectivity index (χ4v) is 1.98. The standard InChI is InChI=1S/C15H30O/c1-3-5-7-9-11-13-15(16)14-12-10-8-6-4-2/h3-14H2,1-2H3. The number of carbonyl (C=O) groups excluding carboxylic acids is 1. The largest absolute Gasteiger partial charge is 0.300 e. The molecule has 0 amide bonds. The molecule has 0 saturated carbocycles. The van der Waals surface area contributed by atoms with E-state index in [9.17, 15) is 4.79 Å². The van der Waals surface area contributed by atoms with Crippen molar-refractivity contribution < 1.29 is 4.79 Å². The van der Waals surface area contributed by atoms with Crippen LogP contribution in [0.15, 0.2) is 0 Å². The summed E-state index contributed by atoms with van der Waals surface area (Å²) in [4.78, 5) is 11.5. The molecule has 0 bridgehead atoms. The number of Topliss-reactive ketones (excluding diaryl/α,β-unsaturated/α-hetero) is 1. The number of ketones is 1. The van der Waals surface area contributed by atoms with Gasteiger partial charge in [0.1, 0.15) is 5.78 Å². The Balaban J connectivity index is 3.12. The van der Waals surface area contributed by atoms with E-state index in [2.05, 4.69) is 13.8 Å². The Morgan fingerprint density at radius 1 is 0.625 bits per heavy atom. The van der Waals surface area contributed by atoms with Gasteiger partial charge in [0.2, 0.25) is 0 Å². The Labute approximate surface area is 102 Å². The van der Waals surface area contributed by atoms with Crippen LogP contribution in [0, 0.1) is 0 Å². The lowest BCUT2D eigenvalue weighted by Gasteiger charge is -2.01. The third-order valence-corrected chi connectivity index (χ3v) is 3.12. The van der Waals surface area contributed by atoms with Crippen molar-refractivity contribution in [2.75, 3.05) is 0 Å². The van der Waals surface area contributed by atoms with Gasteiger partial charge in [-0.1, -0.05) is 65.2 Å². The molecule has 0 spiro atoms. The Kier molecular flexibility index (Phi) is 12.5. The van der Waals surface area contributed by atoms with Gasteiger partial charge in [-0.25, -0.2) is 0 Å². The molecule has 0 rings (SSSR count). The van der Waals surface area contributed by atoms with Crippen LogP contribution in [-0.4, -0.2) is 5.78 Å². The zero-order valence-corrected chi connectivity index (χ0v) is 11.4. The number of hydrogen-bond acceptors (Lipinski definition) is 1. The van der Waals surface area contributed by atoms with Gasteiger partial charge in [0.15, 0.2) is 0 Å². The molecule has 0 fully saturated rings. The van der Waals surface area contributed by atoms with E-state index in [1.807, 2.05) is 0 Å². The topological polar surface area (TPSA) is 17.1 Å². The van der Waals surface area contributed by atoms with E-state index < -0.39 is 0 Å². The molecular weight excluding hydrogens is 196 g/mol. The van der Waals surface area contributed by atoms with E-state index in [4.69, 9.17) is 0 Å². The molecule has 0 heterocycles. The number of unbranched alkanes of at least 4 members (excludes halogenated alkanes) is 8. The molecule has 96 valence electrons. The summed E-state index contributed by atoms with van der Waals surface area (Å²) in [5, 5.41) is 0. The van der Waals surface area contributed by atoms with Crippen LogP contribution in [-0.2, 0) is 4.79 Å². The van der Waals surface area contributed by atoms with Crippen molar-refractivity contribution in [2.45, 2.75) is 90.9 Å². The van der Waals surface area contributed by atoms with Crippen molar-refractivity contribution in [3.05, 3.63) is 0 Å². The summed E-state index contributed by atoms with van der Waals surface area (Å²) in [6, 6.07) is 0. The summed E-state index contributed by atoms with van der Waals surface area (Å²) in [6.07, 6.45) is 14.2. The monoisotopic (exact) mass is 226 g/mol. The van der Waals surface area contributed by atoms with E-state index in [-0.39, 0.29) is 0 Å². The van der Waals surface area contributed by atoms with Crippen LogP contribution in [0.2, 0.25) is 0 Å². The molecule has 0 N–H and O–H groups in total. The van der Waals surface area contributed by atoms with Crippen LogP contribution < -0.4 is 0 Å². The fourth-order valence-electron chi connectivity index (χ4n) is 1.98. The van der Waals surface area contributed by atoms with Crippen LogP contribution in [0.4, 0.5) is 0 Å². The Hall–Kier alpha value is -0.330. The van der Waals surface area contributed by atoms with E-state index in [0.29, 0.717) is 5.78 Å². The summed E-state index contributed by atoms with van der Waals surface area (Å²) < 4.78 is 0. The highest BCUT2D eigenvalue weighted by Gasteiger charge is 2.01. The molecule has 0 saturated heterocycles. The molecule has 0 aliphatic rings. The van der Waals surface area contributed by atoms with E-state index in [1.54, 1.807) is 0 Å². The van der Waals surface area contributed by atoms with Gasteiger partial charge in [-0.15, -0.1) is 0 Å². The number of carbonyl (C=O) groups is 1. The molecule has 0 radical (unpaired) electrons. The lowest BCUT2D eigenvalue weighted by molar-refractivity contribution is -0.119. The van der Waals surface area contributed by atoms with Crippen molar-refractivity contribution in [1.29, 1.82) is 0 Å². The summed E-state index contributed by atoms with van der Waals surface area (Å²) in [5.41, 5.74) is 0. The van der Waals surface area contributed by atoms with Crippen molar-refractivity contribution in [3.8, 4) is 0 Å². The molecule has 0 aliphatic heterocycles. The predicted molar refractivity (Wildman–Crippen MR) is 71.8 cm³/mol. The Bertz CT molecular complexity index is 136. The molecule has 0 aromatic carbocycles. The van der Waals surface area contributed by atoms with Crippen LogP contribution in [0.25, 0.3) is 0 Å². The van der Waals surface area contributed by atoms with Gasteiger partial charge in [-0.3, -0.25) is 4.79 Å². The van der Waals surface area contributed by atoms with Gasteiger partial charge >= 0.3 is 0 Å². The maximum Gasteiger partial charge on any atom is 0.132 e. The minimum absolute atomic E-state index is 0.494. The van der Waals surface area contributed by atoms with Gasteiger partial charge < -0.3 is 0 Å². The maximum absolute atomic E-state index is 11.5. The number of hydrogen-bond donors (Lipinski definition) is 0. The molecule has 0 unspecified atom stereocenters. The molecule has 0 aromatic rings. The van der Waals surface area contributed by atoms with Crippen LogP contribution in [0.5, 0.6) is 0 Å². The molecule has 0 aliphatic carbocycles. The minimum Gasteiger partial charge on any atom is -0.300 e. The average molecular weight is 226 g/mol. The van der Waals surface area contributed by atoms with Crippen LogP contribution in [0.3, 0.4) is 0 Å². The third kappa shape index (κ3) is 11.7. The highest BCUT2D eigenvalue weighted by atomic mass is 16.1. The van der Waals surface area contributed by atoms with E-state index >= 15 is 0 Å². The van der Waals surface area contributed by atoms with Crippen molar-refractivity contribution in [2.24, 2.45) is 0 Å². The second kappa shape index (κ2) is 12.7. The maximum atomic E-state index is 11.5. The fraction of sp³-hybridized carbons (Fsp3) is 0.933. The van der Waals surface area contributed by atoms with Gasteiger partial charge in [0.25, 0.3) is 0 Å². The van der Waals surface area contributed by atoms with Crippen molar-refractivity contribution in [3.63, 3.8) is 0 Å². The predicted octanol–water partition coefficient (Wildman–Crippen LogP) is 5.28. The van der Waals surface area contributed by atoms with Crippen molar-refractivity contribution in [1.82, 2.24) is 0 Å². The lowest BCUT2D eigenvalue weighted by Crippen LogP contribution is -1.97. The van der Waals surface area contributed by atoms with Gasteiger partial charge in [-0.2, -0.15) is 0 Å². The lowest BCUT2D eigenvalue weighted by atomic mass is 10.0. The van der Waals surface area contributed by atoms with E-state index in [0.717, 1.165) is 25.7 Å². The van der Waals surface area contributed by atoms with Gasteiger partial charge in [-0.05, 0) is 12.8 Å². The van der Waals surface area contributed by atoms with E-state index in [1.165, 1.54) is 51.4 Å². The summed E-state index contributed by atoms with van der Waals surface area (Å²) in [6.45, 7) is 4.45. The quantitative estimate of drug-likeness (QED) is 0.414. The molecule has 0 aromatic heterocycles. The SMILES string of the molecule is CCCCCCCC(=O)CCCCCCC. The first-order chi connectivity index (χ1) is 7.81. The Morgan fingerprint density at radius 2 is 1.00 bits per heavy atom. The highest BCUT2D eigenvalue weighted by Crippen LogP contribution is 2.10. The van der Waals surface area contributed by atoms with Gasteiger partial charge in [0, 0.05) is 12.8 Å². The molecule has 1 heteroatoms. The summed E-state index contributed by atoms with van der Waals surface area (Å²) in [7, 11) is 0. The normalized spacial score (nSPS) is 10.6.